The molecule has 1 rings (SSSR count). The van der Waals surface area contributed by atoms with Crippen molar-refractivity contribution in [2.75, 3.05) is 7.11 Å². The van der Waals surface area contributed by atoms with Gasteiger partial charge in [0.1, 0.15) is 0 Å². The van der Waals surface area contributed by atoms with Gasteiger partial charge in [-0.2, -0.15) is 0 Å². The maximum absolute atomic E-state index is 11.8. The van der Waals surface area contributed by atoms with Crippen LogP contribution in [0.2, 0.25) is 0 Å². The summed E-state index contributed by atoms with van der Waals surface area (Å²) in [5, 5.41) is 0. The fourth-order valence-corrected chi connectivity index (χ4v) is 1.64. The Labute approximate surface area is 90.6 Å². The third-order valence-electron chi connectivity index (χ3n) is 2.60. The normalized spacial score (nSPS) is 14.0. The van der Waals surface area contributed by atoms with Crippen LogP contribution in [-0.2, 0) is 14.9 Å². The number of allylic oxidation sites excluding steroid dienone is 1. The summed E-state index contributed by atoms with van der Waals surface area (Å²) in [6.07, 6.45) is 2.31. The number of methoxy groups -OCH3 is 1. The van der Waals surface area contributed by atoms with Crippen LogP contribution in [0.1, 0.15) is 18.9 Å². The molecular weight excluding hydrogens is 188 g/mol. The first-order valence-electron chi connectivity index (χ1n) is 4.90. The number of carbonyl (C=O) groups is 1. The van der Waals surface area contributed by atoms with Crippen LogP contribution in [0.3, 0.4) is 0 Å². The molecule has 0 aliphatic heterocycles. The molecule has 0 bridgehead atoms. The van der Waals surface area contributed by atoms with E-state index in [1.54, 1.807) is 6.08 Å². The van der Waals surface area contributed by atoms with E-state index in [4.69, 9.17) is 4.74 Å². The molecule has 0 radical (unpaired) electrons. The van der Waals surface area contributed by atoms with Crippen LogP contribution in [0, 0.1) is 0 Å². The van der Waals surface area contributed by atoms with Crippen LogP contribution < -0.4 is 0 Å². The van der Waals surface area contributed by atoms with Gasteiger partial charge in [0.2, 0.25) is 0 Å². The summed E-state index contributed by atoms with van der Waals surface area (Å²) in [7, 11) is 1.41. The van der Waals surface area contributed by atoms with E-state index >= 15 is 0 Å². The van der Waals surface area contributed by atoms with E-state index in [0.29, 0.717) is 6.42 Å². The SMILES string of the molecule is C=CCC(C)(C(=O)OC)c1ccccc1. The molecule has 0 heterocycles. The van der Waals surface area contributed by atoms with Gasteiger partial charge < -0.3 is 4.74 Å². The largest absolute Gasteiger partial charge is 0.468 e. The van der Waals surface area contributed by atoms with Crippen molar-refractivity contribution in [3.8, 4) is 0 Å². The Kier molecular flexibility index (Phi) is 3.67. The number of ether oxygens (including phenoxy) is 1. The molecule has 0 aromatic heterocycles. The van der Waals surface area contributed by atoms with Crippen molar-refractivity contribution in [2.24, 2.45) is 0 Å². The monoisotopic (exact) mass is 204 g/mol. The Morgan fingerprint density at radius 3 is 2.53 bits per heavy atom. The summed E-state index contributed by atoms with van der Waals surface area (Å²) in [6.45, 7) is 5.55. The number of benzene rings is 1. The summed E-state index contributed by atoms with van der Waals surface area (Å²) < 4.78 is 4.84. The maximum atomic E-state index is 11.8. The lowest BCUT2D eigenvalue weighted by molar-refractivity contribution is -0.146. The highest BCUT2D eigenvalue weighted by Gasteiger charge is 2.34. The second kappa shape index (κ2) is 4.78. The van der Waals surface area contributed by atoms with Crippen LogP contribution in [0.25, 0.3) is 0 Å². The molecule has 0 aliphatic carbocycles. The first-order valence-corrected chi connectivity index (χ1v) is 4.90. The molecular formula is C13H16O2. The standard InChI is InChI=1S/C13H16O2/c1-4-10-13(2,12(14)15-3)11-8-6-5-7-9-11/h4-9H,1,10H2,2-3H3. The summed E-state index contributed by atoms with van der Waals surface area (Å²) in [6, 6.07) is 9.62. The predicted molar refractivity (Wildman–Crippen MR) is 60.6 cm³/mol. The molecule has 0 aliphatic rings. The molecule has 1 atom stereocenters. The predicted octanol–water partition coefficient (Wildman–Crippen LogP) is 2.69. The summed E-state index contributed by atoms with van der Waals surface area (Å²) in [5.41, 5.74) is 0.328. The van der Waals surface area contributed by atoms with Gasteiger partial charge in [-0.1, -0.05) is 36.4 Å². The third-order valence-corrected chi connectivity index (χ3v) is 2.60. The van der Waals surface area contributed by atoms with Crippen molar-refractivity contribution in [1.29, 1.82) is 0 Å². The minimum absolute atomic E-state index is 0.228. The first-order chi connectivity index (χ1) is 7.15. The van der Waals surface area contributed by atoms with Gasteiger partial charge in [-0.15, -0.1) is 6.58 Å². The van der Waals surface area contributed by atoms with Crippen LogP contribution in [0.15, 0.2) is 43.0 Å². The van der Waals surface area contributed by atoms with Crippen LogP contribution in [-0.4, -0.2) is 13.1 Å². The Morgan fingerprint density at radius 2 is 2.07 bits per heavy atom. The zero-order valence-electron chi connectivity index (χ0n) is 9.19. The van der Waals surface area contributed by atoms with Gasteiger partial charge in [0.15, 0.2) is 0 Å². The van der Waals surface area contributed by atoms with Crippen molar-refractivity contribution in [3.05, 3.63) is 48.6 Å². The molecule has 0 fully saturated rings. The highest BCUT2D eigenvalue weighted by Crippen LogP contribution is 2.29. The number of esters is 1. The maximum Gasteiger partial charge on any atom is 0.316 e. The second-order valence-electron chi connectivity index (χ2n) is 3.68. The molecule has 2 heteroatoms. The van der Waals surface area contributed by atoms with Crippen molar-refractivity contribution in [2.45, 2.75) is 18.8 Å². The van der Waals surface area contributed by atoms with Gasteiger partial charge in [0.05, 0.1) is 12.5 Å². The van der Waals surface area contributed by atoms with Crippen molar-refractivity contribution >= 4 is 5.97 Å². The lowest BCUT2D eigenvalue weighted by Gasteiger charge is -2.25. The van der Waals surface area contributed by atoms with Gasteiger partial charge in [0.25, 0.3) is 0 Å². The minimum atomic E-state index is -0.627. The van der Waals surface area contributed by atoms with Gasteiger partial charge >= 0.3 is 5.97 Å². The molecule has 15 heavy (non-hydrogen) atoms. The molecule has 80 valence electrons. The summed E-state index contributed by atoms with van der Waals surface area (Å²) >= 11 is 0. The smallest absolute Gasteiger partial charge is 0.316 e. The van der Waals surface area contributed by atoms with E-state index in [1.165, 1.54) is 7.11 Å². The van der Waals surface area contributed by atoms with E-state index in [1.807, 2.05) is 37.3 Å². The summed E-state index contributed by atoms with van der Waals surface area (Å²) in [5.74, 6) is -0.228. The highest BCUT2D eigenvalue weighted by atomic mass is 16.5. The fraction of sp³-hybridized carbons (Fsp3) is 0.308. The van der Waals surface area contributed by atoms with Gasteiger partial charge in [-0.05, 0) is 18.9 Å². The van der Waals surface area contributed by atoms with Crippen LogP contribution in [0.4, 0.5) is 0 Å². The molecule has 0 spiro atoms. The van der Waals surface area contributed by atoms with E-state index < -0.39 is 5.41 Å². The first kappa shape index (κ1) is 11.5. The third kappa shape index (κ3) is 2.27. The number of hydrogen-bond acceptors (Lipinski definition) is 2. The van der Waals surface area contributed by atoms with E-state index in [2.05, 4.69) is 6.58 Å². The van der Waals surface area contributed by atoms with Crippen molar-refractivity contribution < 1.29 is 9.53 Å². The number of carbonyl (C=O) groups excluding carboxylic acids is 1. The van der Waals surface area contributed by atoms with Crippen LogP contribution >= 0.6 is 0 Å². The van der Waals surface area contributed by atoms with E-state index in [0.717, 1.165) is 5.56 Å². The quantitative estimate of drug-likeness (QED) is 0.556. The molecule has 1 aromatic rings. The van der Waals surface area contributed by atoms with E-state index in [-0.39, 0.29) is 5.97 Å². The number of rotatable bonds is 4. The molecule has 1 aromatic carbocycles. The zero-order chi connectivity index (χ0) is 11.3. The topological polar surface area (TPSA) is 26.3 Å². The average molecular weight is 204 g/mol. The van der Waals surface area contributed by atoms with Gasteiger partial charge in [-0.3, -0.25) is 4.79 Å². The second-order valence-corrected chi connectivity index (χ2v) is 3.68. The molecule has 0 saturated carbocycles. The molecule has 1 unspecified atom stereocenters. The molecule has 0 N–H and O–H groups in total. The highest BCUT2D eigenvalue weighted by molar-refractivity contribution is 5.82. The summed E-state index contributed by atoms with van der Waals surface area (Å²) in [4.78, 5) is 11.8. The lowest BCUT2D eigenvalue weighted by atomic mass is 9.79. The Hall–Kier alpha value is -1.57. The molecule has 0 saturated heterocycles. The van der Waals surface area contributed by atoms with Crippen molar-refractivity contribution in [1.82, 2.24) is 0 Å². The Balaban J connectivity index is 3.12. The van der Waals surface area contributed by atoms with Crippen LogP contribution in [0.5, 0.6) is 0 Å². The molecule has 2 nitrogen and oxygen atoms in total. The number of hydrogen-bond donors (Lipinski definition) is 0. The average Bonchev–Trinajstić information content (AvgIpc) is 2.29. The molecule has 0 amide bonds. The lowest BCUT2D eigenvalue weighted by Crippen LogP contribution is -2.33. The Morgan fingerprint density at radius 1 is 1.47 bits per heavy atom. The van der Waals surface area contributed by atoms with Gasteiger partial charge in [-0.25, -0.2) is 0 Å². The Bertz CT molecular complexity index is 343. The minimum Gasteiger partial charge on any atom is -0.468 e. The van der Waals surface area contributed by atoms with Crippen molar-refractivity contribution in [3.63, 3.8) is 0 Å². The van der Waals surface area contributed by atoms with Gasteiger partial charge in [0, 0.05) is 0 Å². The fourth-order valence-electron chi connectivity index (χ4n) is 1.64. The van der Waals surface area contributed by atoms with E-state index in [9.17, 15) is 4.79 Å². The zero-order valence-corrected chi connectivity index (χ0v) is 9.19.